The molecule has 1 saturated heterocycles. The largest absolute Gasteiger partial charge is 0.493 e. The third-order valence-corrected chi connectivity index (χ3v) is 2.65. The van der Waals surface area contributed by atoms with E-state index in [0.29, 0.717) is 13.2 Å². The molecular formula is C13H15F3O3. The fourth-order valence-corrected chi connectivity index (χ4v) is 1.71. The van der Waals surface area contributed by atoms with Crippen LogP contribution in [0.15, 0.2) is 24.3 Å². The van der Waals surface area contributed by atoms with Gasteiger partial charge < -0.3 is 14.2 Å². The summed E-state index contributed by atoms with van der Waals surface area (Å²) in [5, 5.41) is 0. The van der Waals surface area contributed by atoms with Gasteiger partial charge in [0.1, 0.15) is 11.9 Å². The average molecular weight is 276 g/mol. The minimum Gasteiger partial charge on any atom is -0.493 e. The summed E-state index contributed by atoms with van der Waals surface area (Å²) in [7, 11) is 0. The van der Waals surface area contributed by atoms with Gasteiger partial charge in [-0.05, 0) is 13.0 Å². The molecule has 2 rings (SSSR count). The van der Waals surface area contributed by atoms with E-state index in [0.717, 1.165) is 0 Å². The zero-order valence-electron chi connectivity index (χ0n) is 10.4. The first-order chi connectivity index (χ1) is 9.02. The predicted octanol–water partition coefficient (Wildman–Crippen LogP) is 3.10. The van der Waals surface area contributed by atoms with Gasteiger partial charge in [-0.2, -0.15) is 13.2 Å². The third kappa shape index (κ3) is 3.84. The average Bonchev–Trinajstić information content (AvgIpc) is 3.14. The van der Waals surface area contributed by atoms with E-state index in [1.54, 1.807) is 13.0 Å². The lowest BCUT2D eigenvalue weighted by molar-refractivity contribution is -0.225. The van der Waals surface area contributed by atoms with E-state index < -0.39 is 12.3 Å². The summed E-state index contributed by atoms with van der Waals surface area (Å²) < 4.78 is 54.3. The Morgan fingerprint density at radius 3 is 2.63 bits per heavy atom. The van der Waals surface area contributed by atoms with Crippen LogP contribution in [-0.2, 0) is 9.47 Å². The molecule has 19 heavy (non-hydrogen) atoms. The highest BCUT2D eigenvalue weighted by Gasteiger charge is 2.44. The highest BCUT2D eigenvalue weighted by molar-refractivity contribution is 5.36. The minimum absolute atomic E-state index is 0.00231. The summed E-state index contributed by atoms with van der Waals surface area (Å²) in [4.78, 5) is 0. The Hall–Kier alpha value is -1.27. The Bertz CT molecular complexity index is 416. The SMILES string of the molecule is CCOc1ccccc1[C@H](OC[C@@H]1CO1)C(F)(F)F. The lowest BCUT2D eigenvalue weighted by atomic mass is 10.1. The number of halogens is 3. The molecule has 0 radical (unpaired) electrons. The molecule has 0 amide bonds. The molecule has 0 bridgehead atoms. The molecule has 1 aromatic rings. The van der Waals surface area contributed by atoms with Crippen LogP contribution in [0.25, 0.3) is 0 Å². The van der Waals surface area contributed by atoms with Gasteiger partial charge in [0.15, 0.2) is 6.10 Å². The number of hydrogen-bond acceptors (Lipinski definition) is 3. The molecule has 0 saturated carbocycles. The molecule has 3 nitrogen and oxygen atoms in total. The third-order valence-electron chi connectivity index (χ3n) is 2.65. The smallest absolute Gasteiger partial charge is 0.418 e. The van der Waals surface area contributed by atoms with Crippen LogP contribution in [0.1, 0.15) is 18.6 Å². The second kappa shape index (κ2) is 5.79. The molecule has 0 spiro atoms. The number of hydrogen-bond donors (Lipinski definition) is 0. The fourth-order valence-electron chi connectivity index (χ4n) is 1.71. The normalized spacial score (nSPS) is 20.1. The van der Waals surface area contributed by atoms with Crippen LogP contribution in [0.2, 0.25) is 0 Å². The van der Waals surface area contributed by atoms with Gasteiger partial charge in [-0.15, -0.1) is 0 Å². The molecular weight excluding hydrogens is 261 g/mol. The summed E-state index contributed by atoms with van der Waals surface area (Å²) in [6, 6.07) is 6.05. The topological polar surface area (TPSA) is 31.0 Å². The highest BCUT2D eigenvalue weighted by atomic mass is 19.4. The number of para-hydroxylation sites is 1. The quantitative estimate of drug-likeness (QED) is 0.748. The first-order valence-electron chi connectivity index (χ1n) is 6.04. The van der Waals surface area contributed by atoms with Crippen molar-refractivity contribution in [2.75, 3.05) is 19.8 Å². The Kier molecular flexibility index (Phi) is 4.31. The number of rotatable bonds is 6. The molecule has 106 valence electrons. The van der Waals surface area contributed by atoms with Crippen molar-refractivity contribution in [2.45, 2.75) is 25.3 Å². The van der Waals surface area contributed by atoms with Crippen molar-refractivity contribution in [3.8, 4) is 5.75 Å². The summed E-state index contributed by atoms with van der Waals surface area (Å²) in [5.41, 5.74) is -0.00231. The van der Waals surface area contributed by atoms with Gasteiger partial charge in [0.2, 0.25) is 0 Å². The van der Waals surface area contributed by atoms with E-state index in [1.165, 1.54) is 18.2 Å². The van der Waals surface area contributed by atoms with E-state index in [1.807, 2.05) is 0 Å². The van der Waals surface area contributed by atoms with Gasteiger partial charge in [-0.3, -0.25) is 0 Å². The van der Waals surface area contributed by atoms with Crippen LogP contribution in [0.4, 0.5) is 13.2 Å². The molecule has 1 aliphatic rings. The Morgan fingerprint density at radius 1 is 1.37 bits per heavy atom. The summed E-state index contributed by atoms with van der Waals surface area (Å²) in [5.74, 6) is 0.198. The van der Waals surface area contributed by atoms with Crippen molar-refractivity contribution in [1.82, 2.24) is 0 Å². The zero-order valence-corrected chi connectivity index (χ0v) is 10.4. The van der Waals surface area contributed by atoms with E-state index in [2.05, 4.69) is 0 Å². The van der Waals surface area contributed by atoms with Crippen molar-refractivity contribution in [3.63, 3.8) is 0 Å². The van der Waals surface area contributed by atoms with E-state index >= 15 is 0 Å². The molecule has 0 unspecified atom stereocenters. The van der Waals surface area contributed by atoms with Gasteiger partial charge in [0.25, 0.3) is 0 Å². The number of ether oxygens (including phenoxy) is 3. The number of epoxide rings is 1. The zero-order chi connectivity index (χ0) is 13.9. The van der Waals surface area contributed by atoms with Gasteiger partial charge in [0.05, 0.1) is 19.8 Å². The van der Waals surface area contributed by atoms with Crippen LogP contribution < -0.4 is 4.74 Å². The van der Waals surface area contributed by atoms with Crippen LogP contribution in [0.3, 0.4) is 0 Å². The molecule has 1 heterocycles. The first kappa shape index (κ1) is 14.1. The van der Waals surface area contributed by atoms with Gasteiger partial charge in [-0.25, -0.2) is 0 Å². The van der Waals surface area contributed by atoms with Crippen molar-refractivity contribution in [2.24, 2.45) is 0 Å². The number of alkyl halides is 3. The van der Waals surface area contributed by atoms with Crippen molar-refractivity contribution in [3.05, 3.63) is 29.8 Å². The second-order valence-corrected chi connectivity index (χ2v) is 4.18. The van der Waals surface area contributed by atoms with Crippen molar-refractivity contribution >= 4 is 0 Å². The van der Waals surface area contributed by atoms with Gasteiger partial charge in [0, 0.05) is 5.56 Å². The molecule has 0 N–H and O–H groups in total. The molecule has 1 fully saturated rings. The van der Waals surface area contributed by atoms with Crippen molar-refractivity contribution in [1.29, 1.82) is 0 Å². The number of benzene rings is 1. The fraction of sp³-hybridized carbons (Fsp3) is 0.538. The van der Waals surface area contributed by atoms with Crippen molar-refractivity contribution < 1.29 is 27.4 Å². The molecule has 6 heteroatoms. The minimum atomic E-state index is -4.48. The van der Waals surface area contributed by atoms with Crippen LogP contribution in [-0.4, -0.2) is 32.1 Å². The van der Waals surface area contributed by atoms with E-state index in [9.17, 15) is 13.2 Å². The second-order valence-electron chi connectivity index (χ2n) is 4.18. The Morgan fingerprint density at radius 2 is 2.05 bits per heavy atom. The maximum Gasteiger partial charge on any atom is 0.418 e. The molecule has 1 aromatic carbocycles. The van der Waals surface area contributed by atoms with Gasteiger partial charge >= 0.3 is 6.18 Å². The van der Waals surface area contributed by atoms with E-state index in [-0.39, 0.29) is 24.0 Å². The monoisotopic (exact) mass is 276 g/mol. The summed E-state index contributed by atoms with van der Waals surface area (Å²) in [6.07, 6.45) is -6.69. The molecule has 2 atom stereocenters. The molecule has 0 aliphatic carbocycles. The maximum atomic E-state index is 13.1. The standard InChI is InChI=1S/C13H15F3O3/c1-2-17-11-6-4-3-5-10(11)12(13(14,15)16)19-8-9-7-18-9/h3-6,9,12H,2,7-8H2,1H3/t9-,12-/m0/s1. The predicted molar refractivity (Wildman–Crippen MR) is 62.1 cm³/mol. The van der Waals surface area contributed by atoms with E-state index in [4.69, 9.17) is 14.2 Å². The van der Waals surface area contributed by atoms with Crippen LogP contribution in [0.5, 0.6) is 5.75 Å². The molecule has 0 aromatic heterocycles. The maximum absolute atomic E-state index is 13.1. The van der Waals surface area contributed by atoms with Crippen LogP contribution in [0, 0.1) is 0 Å². The molecule has 1 aliphatic heterocycles. The Balaban J connectivity index is 2.20. The summed E-state index contributed by atoms with van der Waals surface area (Å²) in [6.45, 7) is 2.41. The first-order valence-corrected chi connectivity index (χ1v) is 6.04. The summed E-state index contributed by atoms with van der Waals surface area (Å²) >= 11 is 0. The lowest BCUT2D eigenvalue weighted by Crippen LogP contribution is -2.25. The van der Waals surface area contributed by atoms with Crippen LogP contribution >= 0.6 is 0 Å². The Labute approximate surface area is 109 Å². The highest BCUT2D eigenvalue weighted by Crippen LogP contribution is 2.40. The van der Waals surface area contributed by atoms with Gasteiger partial charge in [-0.1, -0.05) is 18.2 Å². The lowest BCUT2D eigenvalue weighted by Gasteiger charge is -2.23.